The number of halogens is 2. The van der Waals surface area contributed by atoms with Crippen molar-refractivity contribution in [1.82, 2.24) is 9.88 Å². The second-order valence-corrected chi connectivity index (χ2v) is 5.70. The third-order valence-corrected chi connectivity index (χ3v) is 4.00. The van der Waals surface area contributed by atoms with Gasteiger partial charge in [-0.15, -0.1) is 0 Å². The first-order valence-electron chi connectivity index (χ1n) is 7.50. The number of hydrogen-bond donors (Lipinski definition) is 1. The van der Waals surface area contributed by atoms with E-state index < -0.39 is 23.1 Å². The van der Waals surface area contributed by atoms with Crippen LogP contribution in [0.4, 0.5) is 8.78 Å². The van der Waals surface area contributed by atoms with Crippen molar-refractivity contribution < 1.29 is 18.3 Å². The molecule has 0 saturated carbocycles. The Morgan fingerprint density at radius 1 is 1.17 bits per heavy atom. The van der Waals surface area contributed by atoms with Crippen LogP contribution in [0.3, 0.4) is 0 Å². The van der Waals surface area contributed by atoms with Gasteiger partial charge in [0, 0.05) is 25.2 Å². The van der Waals surface area contributed by atoms with Crippen LogP contribution in [-0.2, 0) is 21.6 Å². The lowest BCUT2D eigenvalue weighted by molar-refractivity contribution is -0.134. The SMILES string of the molecule is O=C(CCn1ccccc1=O)NC1(c2c(F)cccc2F)COC1. The first-order chi connectivity index (χ1) is 11.5. The maximum Gasteiger partial charge on any atom is 0.250 e. The molecule has 0 atom stereocenters. The van der Waals surface area contributed by atoms with E-state index in [-0.39, 0.29) is 37.3 Å². The van der Waals surface area contributed by atoms with Crippen LogP contribution in [-0.4, -0.2) is 23.7 Å². The van der Waals surface area contributed by atoms with Crippen molar-refractivity contribution in [1.29, 1.82) is 0 Å². The van der Waals surface area contributed by atoms with Gasteiger partial charge in [-0.25, -0.2) is 8.78 Å². The molecule has 1 aromatic carbocycles. The molecule has 0 aliphatic carbocycles. The van der Waals surface area contributed by atoms with Crippen molar-refractivity contribution in [3.05, 3.63) is 70.1 Å². The van der Waals surface area contributed by atoms with Gasteiger partial charge in [0.2, 0.25) is 5.91 Å². The first-order valence-corrected chi connectivity index (χ1v) is 7.50. The van der Waals surface area contributed by atoms with E-state index in [1.54, 1.807) is 18.3 Å². The summed E-state index contributed by atoms with van der Waals surface area (Å²) in [4.78, 5) is 23.8. The predicted molar refractivity (Wildman–Crippen MR) is 82.3 cm³/mol. The number of aromatic nitrogens is 1. The molecule has 3 rings (SSSR count). The highest BCUT2D eigenvalue weighted by molar-refractivity contribution is 5.77. The van der Waals surface area contributed by atoms with Crippen LogP contribution in [0.1, 0.15) is 12.0 Å². The summed E-state index contributed by atoms with van der Waals surface area (Å²) in [5.41, 5.74) is -1.61. The lowest BCUT2D eigenvalue weighted by Gasteiger charge is -2.42. The zero-order valence-corrected chi connectivity index (χ0v) is 12.8. The average Bonchev–Trinajstić information content (AvgIpc) is 2.51. The number of carbonyl (C=O) groups excluding carboxylic acids is 1. The minimum Gasteiger partial charge on any atom is -0.376 e. The lowest BCUT2D eigenvalue weighted by atomic mass is 9.86. The van der Waals surface area contributed by atoms with Gasteiger partial charge < -0.3 is 14.6 Å². The standard InChI is InChI=1S/C17H16F2N2O3/c18-12-4-3-5-13(19)16(12)17(10-24-11-17)20-14(22)7-9-21-8-2-1-6-15(21)23/h1-6,8H,7,9-11H2,(H,20,22). The maximum absolute atomic E-state index is 14.0. The van der Waals surface area contributed by atoms with Gasteiger partial charge in [0.25, 0.3) is 5.56 Å². The molecule has 0 radical (unpaired) electrons. The molecule has 1 aliphatic heterocycles. The van der Waals surface area contributed by atoms with E-state index in [0.717, 1.165) is 12.1 Å². The quantitative estimate of drug-likeness (QED) is 0.903. The Labute approximate surface area is 136 Å². The number of amides is 1. The molecule has 126 valence electrons. The summed E-state index contributed by atoms with van der Waals surface area (Å²) in [6, 6.07) is 8.26. The van der Waals surface area contributed by atoms with E-state index in [1.165, 1.54) is 16.7 Å². The lowest BCUT2D eigenvalue weighted by Crippen LogP contribution is -2.60. The molecule has 1 aliphatic rings. The fourth-order valence-electron chi connectivity index (χ4n) is 2.74. The van der Waals surface area contributed by atoms with Crippen LogP contribution in [0.5, 0.6) is 0 Å². The van der Waals surface area contributed by atoms with Gasteiger partial charge >= 0.3 is 0 Å². The highest BCUT2D eigenvalue weighted by Gasteiger charge is 2.45. The number of aryl methyl sites for hydroxylation is 1. The molecule has 7 heteroatoms. The summed E-state index contributed by atoms with van der Waals surface area (Å²) >= 11 is 0. The minimum atomic E-state index is -1.20. The Bertz CT molecular complexity index is 795. The minimum absolute atomic E-state index is 0.00186. The molecular weight excluding hydrogens is 318 g/mol. The fourth-order valence-corrected chi connectivity index (χ4v) is 2.74. The van der Waals surface area contributed by atoms with E-state index in [0.29, 0.717) is 0 Å². The summed E-state index contributed by atoms with van der Waals surface area (Å²) < 4.78 is 34.5. The summed E-state index contributed by atoms with van der Waals surface area (Å²) in [6.07, 6.45) is 1.59. The zero-order valence-electron chi connectivity index (χ0n) is 12.8. The van der Waals surface area contributed by atoms with Crippen LogP contribution in [0, 0.1) is 11.6 Å². The Hall–Kier alpha value is -2.54. The Balaban J connectivity index is 1.73. The second kappa shape index (κ2) is 6.52. The smallest absolute Gasteiger partial charge is 0.250 e. The summed E-state index contributed by atoms with van der Waals surface area (Å²) in [5, 5.41) is 2.66. The van der Waals surface area contributed by atoms with Crippen molar-refractivity contribution in [2.75, 3.05) is 13.2 Å². The topological polar surface area (TPSA) is 60.3 Å². The first kappa shape index (κ1) is 16.3. The van der Waals surface area contributed by atoms with E-state index in [9.17, 15) is 18.4 Å². The van der Waals surface area contributed by atoms with Crippen molar-refractivity contribution in [3.63, 3.8) is 0 Å². The third-order valence-electron chi connectivity index (χ3n) is 4.00. The molecule has 0 bridgehead atoms. The van der Waals surface area contributed by atoms with Crippen LogP contribution in [0.15, 0.2) is 47.4 Å². The van der Waals surface area contributed by atoms with Crippen molar-refractivity contribution >= 4 is 5.91 Å². The van der Waals surface area contributed by atoms with Crippen molar-refractivity contribution in [2.24, 2.45) is 0 Å². The van der Waals surface area contributed by atoms with Gasteiger partial charge in [0.15, 0.2) is 0 Å². The summed E-state index contributed by atoms with van der Waals surface area (Å²) in [6.45, 7) is 0.186. The molecule has 1 fully saturated rings. The Morgan fingerprint density at radius 2 is 1.88 bits per heavy atom. The Kier molecular flexibility index (Phi) is 4.44. The van der Waals surface area contributed by atoms with Gasteiger partial charge in [-0.2, -0.15) is 0 Å². The van der Waals surface area contributed by atoms with E-state index in [1.807, 2.05) is 0 Å². The van der Waals surface area contributed by atoms with Gasteiger partial charge in [-0.3, -0.25) is 9.59 Å². The average molecular weight is 334 g/mol. The maximum atomic E-state index is 14.0. The molecule has 1 aromatic heterocycles. The third kappa shape index (κ3) is 3.07. The van der Waals surface area contributed by atoms with Crippen molar-refractivity contribution in [3.8, 4) is 0 Å². The van der Waals surface area contributed by atoms with Gasteiger partial charge in [-0.1, -0.05) is 12.1 Å². The van der Waals surface area contributed by atoms with E-state index in [4.69, 9.17) is 4.74 Å². The largest absolute Gasteiger partial charge is 0.376 e. The second-order valence-electron chi connectivity index (χ2n) is 5.70. The molecule has 1 amide bonds. The molecule has 0 unspecified atom stereocenters. The van der Waals surface area contributed by atoms with Crippen LogP contribution < -0.4 is 10.9 Å². The number of benzene rings is 1. The Morgan fingerprint density at radius 3 is 2.46 bits per heavy atom. The van der Waals surface area contributed by atoms with E-state index >= 15 is 0 Å². The van der Waals surface area contributed by atoms with E-state index in [2.05, 4.69) is 5.32 Å². The van der Waals surface area contributed by atoms with Gasteiger partial charge in [0.1, 0.15) is 17.2 Å². The number of rotatable bonds is 5. The fraction of sp³-hybridized carbons (Fsp3) is 0.294. The molecule has 1 saturated heterocycles. The predicted octanol–water partition coefficient (Wildman–Crippen LogP) is 1.56. The monoisotopic (exact) mass is 334 g/mol. The number of ether oxygens (including phenoxy) is 1. The summed E-state index contributed by atoms with van der Waals surface area (Å²) in [7, 11) is 0. The molecular formula is C17H16F2N2O3. The molecule has 2 heterocycles. The number of nitrogens with one attached hydrogen (secondary N) is 1. The highest BCUT2D eigenvalue weighted by atomic mass is 19.1. The highest BCUT2D eigenvalue weighted by Crippen LogP contribution is 2.33. The number of nitrogens with zero attached hydrogens (tertiary/aromatic N) is 1. The van der Waals surface area contributed by atoms with Crippen LogP contribution in [0.2, 0.25) is 0 Å². The molecule has 2 aromatic rings. The van der Waals surface area contributed by atoms with Crippen molar-refractivity contribution in [2.45, 2.75) is 18.5 Å². The number of hydrogen-bond acceptors (Lipinski definition) is 3. The van der Waals surface area contributed by atoms with Crippen LogP contribution >= 0.6 is 0 Å². The molecule has 1 N–H and O–H groups in total. The normalized spacial score (nSPS) is 15.6. The number of carbonyl (C=O) groups is 1. The van der Waals surface area contributed by atoms with Gasteiger partial charge in [-0.05, 0) is 18.2 Å². The molecule has 24 heavy (non-hydrogen) atoms. The van der Waals surface area contributed by atoms with Crippen LogP contribution in [0.25, 0.3) is 0 Å². The molecule has 5 nitrogen and oxygen atoms in total. The summed E-state index contributed by atoms with van der Waals surface area (Å²) in [5.74, 6) is -1.85. The zero-order chi connectivity index (χ0) is 17.2. The van der Waals surface area contributed by atoms with Gasteiger partial charge in [0.05, 0.1) is 18.8 Å². The molecule has 0 spiro atoms. The number of pyridine rings is 1.